The summed E-state index contributed by atoms with van der Waals surface area (Å²) in [4.78, 5) is 20.2. The maximum absolute atomic E-state index is 12.0. The van der Waals surface area contributed by atoms with Gasteiger partial charge in [0.15, 0.2) is 0 Å². The van der Waals surface area contributed by atoms with Gasteiger partial charge in [0.25, 0.3) is 5.91 Å². The molecule has 1 amide bonds. The Morgan fingerprint density at radius 3 is 2.95 bits per heavy atom. The number of carbonyl (C=O) groups is 1. The molecule has 0 saturated carbocycles. The number of carbonyl (C=O) groups excluding carboxylic acids is 1. The van der Waals surface area contributed by atoms with Gasteiger partial charge in [-0.05, 0) is 19.1 Å². The van der Waals surface area contributed by atoms with E-state index in [9.17, 15) is 4.79 Å². The number of nitrogens with one attached hydrogen (secondary N) is 3. The molecule has 2 aromatic rings. The van der Waals surface area contributed by atoms with Crippen molar-refractivity contribution in [3.05, 3.63) is 35.5 Å². The number of anilines is 1. The van der Waals surface area contributed by atoms with Crippen LogP contribution < -0.4 is 10.6 Å². The Kier molecular flexibility index (Phi) is 4.07. The Balaban J connectivity index is 1.94. The van der Waals surface area contributed by atoms with Gasteiger partial charge in [0.05, 0.1) is 0 Å². The van der Waals surface area contributed by atoms with Crippen LogP contribution >= 0.6 is 0 Å². The number of aromatic nitrogens is 4. The zero-order valence-corrected chi connectivity index (χ0v) is 10.9. The summed E-state index contributed by atoms with van der Waals surface area (Å²) in [6, 6.07) is 3.47. The van der Waals surface area contributed by atoms with Crippen LogP contribution in [-0.2, 0) is 6.42 Å². The van der Waals surface area contributed by atoms with Crippen LogP contribution in [0.5, 0.6) is 0 Å². The molecule has 100 valence electrons. The van der Waals surface area contributed by atoms with Crippen LogP contribution in [0.3, 0.4) is 0 Å². The van der Waals surface area contributed by atoms with Crippen molar-refractivity contribution in [3.63, 3.8) is 0 Å². The lowest BCUT2D eigenvalue weighted by Crippen LogP contribution is -2.26. The molecule has 2 heterocycles. The molecule has 3 N–H and O–H groups in total. The van der Waals surface area contributed by atoms with Gasteiger partial charge in [-0.15, -0.1) is 0 Å². The molecular weight excluding hydrogens is 244 g/mol. The molecule has 2 rings (SSSR count). The first kappa shape index (κ1) is 13.0. The van der Waals surface area contributed by atoms with Gasteiger partial charge in [-0.1, -0.05) is 0 Å². The van der Waals surface area contributed by atoms with Gasteiger partial charge in [0.2, 0.25) is 0 Å². The van der Waals surface area contributed by atoms with E-state index in [0.29, 0.717) is 24.3 Å². The summed E-state index contributed by atoms with van der Waals surface area (Å²) in [7, 11) is 1.77. The second-order valence-corrected chi connectivity index (χ2v) is 4.07. The fourth-order valence-electron chi connectivity index (χ4n) is 1.68. The van der Waals surface area contributed by atoms with Gasteiger partial charge >= 0.3 is 0 Å². The average molecular weight is 260 g/mol. The number of hydrogen-bond acceptors (Lipinski definition) is 5. The molecule has 0 radical (unpaired) electrons. The smallest absolute Gasteiger partial charge is 0.251 e. The fourth-order valence-corrected chi connectivity index (χ4v) is 1.68. The second kappa shape index (κ2) is 5.94. The molecule has 7 nitrogen and oxygen atoms in total. The number of aromatic amines is 1. The minimum Gasteiger partial charge on any atom is -0.373 e. The highest BCUT2D eigenvalue weighted by Gasteiger charge is 2.08. The molecule has 0 spiro atoms. The lowest BCUT2D eigenvalue weighted by molar-refractivity contribution is 0.0954. The molecule has 0 aliphatic carbocycles. The maximum atomic E-state index is 12.0. The van der Waals surface area contributed by atoms with Gasteiger partial charge in [-0.3, -0.25) is 9.89 Å². The number of rotatable bonds is 5. The summed E-state index contributed by atoms with van der Waals surface area (Å²) < 4.78 is 0. The maximum Gasteiger partial charge on any atom is 0.251 e. The zero-order valence-electron chi connectivity index (χ0n) is 10.9. The van der Waals surface area contributed by atoms with Crippen LogP contribution in [0.2, 0.25) is 0 Å². The Labute approximate surface area is 110 Å². The van der Waals surface area contributed by atoms with Gasteiger partial charge < -0.3 is 10.6 Å². The highest BCUT2D eigenvalue weighted by molar-refractivity contribution is 5.94. The van der Waals surface area contributed by atoms with Gasteiger partial charge in [-0.25, -0.2) is 9.97 Å². The van der Waals surface area contributed by atoms with E-state index < -0.39 is 0 Å². The minimum atomic E-state index is -0.124. The zero-order chi connectivity index (χ0) is 13.7. The Hall–Kier alpha value is -2.44. The number of amides is 1. The first-order valence-corrected chi connectivity index (χ1v) is 5.98. The number of hydrogen-bond donors (Lipinski definition) is 3. The third-order valence-electron chi connectivity index (χ3n) is 2.58. The Morgan fingerprint density at radius 2 is 2.26 bits per heavy atom. The summed E-state index contributed by atoms with van der Waals surface area (Å²) in [6.45, 7) is 2.36. The first-order chi connectivity index (χ1) is 9.19. The average Bonchev–Trinajstić information content (AvgIpc) is 2.91. The van der Waals surface area contributed by atoms with Crippen LogP contribution in [0.25, 0.3) is 0 Å². The van der Waals surface area contributed by atoms with Gasteiger partial charge in [0, 0.05) is 31.3 Å². The SMILES string of the molecule is CNc1cc(C(=O)NCCc2ncn[nH]2)cc(C)n1. The van der Waals surface area contributed by atoms with Crippen LogP contribution in [0.15, 0.2) is 18.5 Å². The molecule has 0 unspecified atom stereocenters. The quantitative estimate of drug-likeness (QED) is 0.728. The van der Waals surface area contributed by atoms with Crippen molar-refractivity contribution in [1.29, 1.82) is 0 Å². The van der Waals surface area contributed by atoms with E-state index in [0.717, 1.165) is 11.5 Å². The number of pyridine rings is 1. The minimum absolute atomic E-state index is 0.124. The Morgan fingerprint density at radius 1 is 1.42 bits per heavy atom. The van der Waals surface area contributed by atoms with Crippen molar-refractivity contribution >= 4 is 11.7 Å². The largest absolute Gasteiger partial charge is 0.373 e. The van der Waals surface area contributed by atoms with E-state index in [1.54, 1.807) is 19.2 Å². The molecule has 0 aromatic carbocycles. The molecule has 19 heavy (non-hydrogen) atoms. The summed E-state index contributed by atoms with van der Waals surface area (Å²) in [5.41, 5.74) is 1.39. The first-order valence-electron chi connectivity index (χ1n) is 5.98. The van der Waals surface area contributed by atoms with Crippen LogP contribution in [0.1, 0.15) is 21.9 Å². The molecule has 0 aliphatic rings. The van der Waals surface area contributed by atoms with Crippen molar-refractivity contribution < 1.29 is 4.79 Å². The number of H-pyrrole nitrogens is 1. The number of nitrogens with zero attached hydrogens (tertiary/aromatic N) is 3. The standard InChI is InChI=1S/C12H16N6O/c1-8-5-9(6-11(13-2)17-8)12(19)14-4-3-10-15-7-16-18-10/h5-7H,3-4H2,1-2H3,(H,13,17)(H,14,19)(H,15,16,18). The third kappa shape index (κ3) is 3.51. The molecule has 0 aliphatic heterocycles. The number of aryl methyl sites for hydroxylation is 1. The van der Waals surface area contributed by atoms with Crippen LogP contribution in [0, 0.1) is 6.92 Å². The second-order valence-electron chi connectivity index (χ2n) is 4.07. The molecule has 7 heteroatoms. The van der Waals surface area contributed by atoms with Gasteiger partial charge in [0.1, 0.15) is 18.0 Å². The van der Waals surface area contributed by atoms with Crippen molar-refractivity contribution in [2.75, 3.05) is 18.9 Å². The summed E-state index contributed by atoms with van der Waals surface area (Å²) in [5.74, 6) is 1.31. The van der Waals surface area contributed by atoms with E-state index in [4.69, 9.17) is 0 Å². The van der Waals surface area contributed by atoms with E-state index >= 15 is 0 Å². The fraction of sp³-hybridized carbons (Fsp3) is 0.333. The monoisotopic (exact) mass is 260 g/mol. The van der Waals surface area contributed by atoms with E-state index in [-0.39, 0.29) is 5.91 Å². The molecule has 0 bridgehead atoms. The molecule has 2 aromatic heterocycles. The molecular formula is C12H16N6O. The highest BCUT2D eigenvalue weighted by atomic mass is 16.1. The van der Waals surface area contributed by atoms with Crippen molar-refractivity contribution in [1.82, 2.24) is 25.5 Å². The van der Waals surface area contributed by atoms with E-state index in [2.05, 4.69) is 30.8 Å². The van der Waals surface area contributed by atoms with Crippen molar-refractivity contribution in [2.24, 2.45) is 0 Å². The predicted molar refractivity (Wildman–Crippen MR) is 70.9 cm³/mol. The predicted octanol–water partition coefficient (Wildman–Crippen LogP) is 0.522. The third-order valence-corrected chi connectivity index (χ3v) is 2.58. The highest BCUT2D eigenvalue weighted by Crippen LogP contribution is 2.09. The lowest BCUT2D eigenvalue weighted by atomic mass is 10.2. The van der Waals surface area contributed by atoms with Gasteiger partial charge in [-0.2, -0.15) is 5.10 Å². The normalized spacial score (nSPS) is 10.2. The van der Waals surface area contributed by atoms with Crippen molar-refractivity contribution in [3.8, 4) is 0 Å². The summed E-state index contributed by atoms with van der Waals surface area (Å²) in [6.07, 6.45) is 2.07. The molecule has 0 fully saturated rings. The van der Waals surface area contributed by atoms with Crippen LogP contribution in [-0.4, -0.2) is 39.7 Å². The van der Waals surface area contributed by atoms with E-state index in [1.165, 1.54) is 6.33 Å². The topological polar surface area (TPSA) is 95.6 Å². The molecule has 0 atom stereocenters. The Bertz CT molecular complexity index is 551. The summed E-state index contributed by atoms with van der Waals surface area (Å²) >= 11 is 0. The lowest BCUT2D eigenvalue weighted by Gasteiger charge is -2.07. The molecule has 0 saturated heterocycles. The summed E-state index contributed by atoms with van der Waals surface area (Å²) in [5, 5.41) is 12.3. The van der Waals surface area contributed by atoms with E-state index in [1.807, 2.05) is 6.92 Å². The van der Waals surface area contributed by atoms with Crippen molar-refractivity contribution in [2.45, 2.75) is 13.3 Å². The van der Waals surface area contributed by atoms with Crippen LogP contribution in [0.4, 0.5) is 5.82 Å².